The Morgan fingerprint density at radius 2 is 2.24 bits per heavy atom. The molecule has 0 aromatic heterocycles. The number of amides is 1. The molecule has 1 saturated heterocycles. The summed E-state index contributed by atoms with van der Waals surface area (Å²) in [5, 5.41) is 0. The number of carbonyl (C=O) groups is 1. The topological polar surface area (TPSA) is 73.6 Å². The molecule has 3 N–H and O–H groups in total. The average molecular weight is 290 g/mol. The quantitative estimate of drug-likeness (QED) is 0.623. The Morgan fingerprint density at radius 3 is 2.86 bits per heavy atom. The molecular formula is C16H22N2O3. The van der Waals surface area contributed by atoms with Crippen LogP contribution in [0, 0.1) is 0 Å². The molecule has 1 unspecified atom stereocenters. The van der Waals surface area contributed by atoms with Gasteiger partial charge in [0.15, 0.2) is 6.29 Å². The first-order chi connectivity index (χ1) is 10.2. The Bertz CT molecular complexity index is 467. The van der Waals surface area contributed by atoms with E-state index in [1.807, 2.05) is 12.1 Å². The lowest BCUT2D eigenvalue weighted by Gasteiger charge is -2.22. The van der Waals surface area contributed by atoms with Crippen molar-refractivity contribution in [3.8, 4) is 0 Å². The number of nitrogens with one attached hydrogen (secondary N) is 1. The van der Waals surface area contributed by atoms with Crippen LogP contribution in [0.25, 0.3) is 0 Å². The molecule has 1 aliphatic heterocycles. The Morgan fingerprint density at radius 1 is 1.48 bits per heavy atom. The fourth-order valence-corrected chi connectivity index (χ4v) is 2.18. The van der Waals surface area contributed by atoms with Crippen molar-refractivity contribution in [2.75, 3.05) is 6.61 Å². The minimum absolute atomic E-state index is 0.0912. The maximum absolute atomic E-state index is 12.0. The molecule has 5 nitrogen and oxygen atoms in total. The SMILES string of the molecule is C=CC[C@@H](N)c1ccc(C(=O)NOC2CCCCO2)cc1. The minimum atomic E-state index is -0.344. The molecular weight excluding hydrogens is 268 g/mol. The van der Waals surface area contributed by atoms with Crippen molar-refractivity contribution in [1.29, 1.82) is 0 Å². The highest BCUT2D eigenvalue weighted by Gasteiger charge is 2.16. The largest absolute Gasteiger partial charge is 0.350 e. The van der Waals surface area contributed by atoms with Crippen LogP contribution in [0.1, 0.15) is 47.6 Å². The normalized spacial score (nSPS) is 19.8. The van der Waals surface area contributed by atoms with Crippen molar-refractivity contribution < 1.29 is 14.4 Å². The third-order valence-corrected chi connectivity index (χ3v) is 3.44. The molecule has 1 fully saturated rings. The zero-order chi connectivity index (χ0) is 15.1. The first-order valence-corrected chi connectivity index (χ1v) is 7.24. The third-order valence-electron chi connectivity index (χ3n) is 3.44. The second-order valence-corrected chi connectivity index (χ2v) is 5.10. The predicted molar refractivity (Wildman–Crippen MR) is 80.3 cm³/mol. The van der Waals surface area contributed by atoms with Crippen LogP contribution in [0.15, 0.2) is 36.9 Å². The van der Waals surface area contributed by atoms with Crippen molar-refractivity contribution in [3.63, 3.8) is 0 Å². The molecule has 0 spiro atoms. The zero-order valence-corrected chi connectivity index (χ0v) is 12.1. The molecule has 114 valence electrons. The van der Waals surface area contributed by atoms with Gasteiger partial charge in [-0.05, 0) is 37.0 Å². The molecule has 0 radical (unpaired) electrons. The highest BCUT2D eigenvalue weighted by Crippen LogP contribution is 2.16. The van der Waals surface area contributed by atoms with Crippen LogP contribution in [0.4, 0.5) is 0 Å². The van der Waals surface area contributed by atoms with Gasteiger partial charge in [0.2, 0.25) is 0 Å². The minimum Gasteiger partial charge on any atom is -0.350 e. The summed E-state index contributed by atoms with van der Waals surface area (Å²) in [6.45, 7) is 4.35. The maximum Gasteiger partial charge on any atom is 0.274 e. The lowest BCUT2D eigenvalue weighted by atomic mass is 10.0. The Kier molecular flexibility index (Phi) is 5.92. The predicted octanol–water partition coefficient (Wildman–Crippen LogP) is 2.45. The van der Waals surface area contributed by atoms with Crippen LogP contribution in [0.3, 0.4) is 0 Å². The number of ether oxygens (including phenoxy) is 1. The van der Waals surface area contributed by atoms with Crippen LogP contribution in [0.2, 0.25) is 0 Å². The lowest BCUT2D eigenvalue weighted by Crippen LogP contribution is -2.33. The summed E-state index contributed by atoms with van der Waals surface area (Å²) in [4.78, 5) is 17.2. The number of nitrogens with two attached hydrogens (primary N) is 1. The van der Waals surface area contributed by atoms with Crippen LogP contribution in [-0.2, 0) is 9.57 Å². The van der Waals surface area contributed by atoms with Gasteiger partial charge < -0.3 is 10.5 Å². The van der Waals surface area contributed by atoms with Crippen molar-refractivity contribution in [2.45, 2.75) is 38.0 Å². The van der Waals surface area contributed by atoms with Gasteiger partial charge in [-0.1, -0.05) is 18.2 Å². The van der Waals surface area contributed by atoms with Gasteiger partial charge in [-0.15, -0.1) is 6.58 Å². The van der Waals surface area contributed by atoms with E-state index in [0.29, 0.717) is 18.6 Å². The van der Waals surface area contributed by atoms with Crippen molar-refractivity contribution in [3.05, 3.63) is 48.0 Å². The monoisotopic (exact) mass is 290 g/mol. The Balaban J connectivity index is 1.85. The van der Waals surface area contributed by atoms with Gasteiger partial charge >= 0.3 is 0 Å². The van der Waals surface area contributed by atoms with E-state index in [2.05, 4.69) is 12.1 Å². The van der Waals surface area contributed by atoms with E-state index in [1.54, 1.807) is 18.2 Å². The van der Waals surface area contributed by atoms with Crippen molar-refractivity contribution in [2.24, 2.45) is 5.73 Å². The van der Waals surface area contributed by atoms with E-state index >= 15 is 0 Å². The van der Waals surface area contributed by atoms with Gasteiger partial charge in [0.25, 0.3) is 5.91 Å². The summed E-state index contributed by atoms with van der Waals surface area (Å²) in [5.41, 5.74) is 9.91. The Hall–Kier alpha value is -1.69. The summed E-state index contributed by atoms with van der Waals surface area (Å²) in [6, 6.07) is 7.07. The van der Waals surface area contributed by atoms with Gasteiger partial charge in [0.05, 0.1) is 0 Å². The smallest absolute Gasteiger partial charge is 0.274 e. The first-order valence-electron chi connectivity index (χ1n) is 7.24. The average Bonchev–Trinajstić information content (AvgIpc) is 2.54. The van der Waals surface area contributed by atoms with Crippen LogP contribution in [0.5, 0.6) is 0 Å². The fraction of sp³-hybridized carbons (Fsp3) is 0.438. The van der Waals surface area contributed by atoms with Crippen LogP contribution >= 0.6 is 0 Å². The van der Waals surface area contributed by atoms with Crippen molar-refractivity contribution in [1.82, 2.24) is 5.48 Å². The third kappa shape index (κ3) is 4.67. The standard InChI is InChI=1S/C16H22N2O3/c1-2-5-14(17)12-7-9-13(10-8-12)16(19)18-21-15-6-3-4-11-20-15/h2,7-10,14-15H,1,3-6,11,17H2,(H,18,19)/t14-,15?/m1/s1. The second-order valence-electron chi connectivity index (χ2n) is 5.10. The molecule has 1 aromatic carbocycles. The summed E-state index contributed by atoms with van der Waals surface area (Å²) < 4.78 is 5.38. The molecule has 0 saturated carbocycles. The molecule has 0 bridgehead atoms. The van der Waals surface area contributed by atoms with Crippen LogP contribution < -0.4 is 11.2 Å². The summed E-state index contributed by atoms with van der Waals surface area (Å²) in [5.74, 6) is -0.284. The number of benzene rings is 1. The summed E-state index contributed by atoms with van der Waals surface area (Å²) in [7, 11) is 0. The van der Waals surface area contributed by atoms with Gasteiger partial charge in [0, 0.05) is 24.6 Å². The highest BCUT2D eigenvalue weighted by atomic mass is 16.8. The van der Waals surface area contributed by atoms with E-state index < -0.39 is 0 Å². The molecule has 2 atom stereocenters. The van der Waals surface area contributed by atoms with Gasteiger partial charge in [-0.25, -0.2) is 10.3 Å². The van der Waals surface area contributed by atoms with Gasteiger partial charge in [-0.3, -0.25) is 4.79 Å². The molecule has 5 heteroatoms. The molecule has 21 heavy (non-hydrogen) atoms. The number of hydroxylamine groups is 1. The van der Waals surface area contributed by atoms with Crippen LogP contribution in [-0.4, -0.2) is 18.8 Å². The molecule has 1 heterocycles. The molecule has 2 rings (SSSR count). The molecule has 1 amide bonds. The van der Waals surface area contributed by atoms with Gasteiger partial charge in [0.1, 0.15) is 0 Å². The number of hydrogen-bond acceptors (Lipinski definition) is 4. The zero-order valence-electron chi connectivity index (χ0n) is 12.1. The number of carbonyl (C=O) groups excluding carboxylic acids is 1. The second kappa shape index (κ2) is 7.93. The van der Waals surface area contributed by atoms with E-state index in [0.717, 1.165) is 24.8 Å². The highest BCUT2D eigenvalue weighted by molar-refractivity contribution is 5.93. The van der Waals surface area contributed by atoms with E-state index in [-0.39, 0.29) is 18.2 Å². The number of rotatable bonds is 6. The first kappa shape index (κ1) is 15.7. The summed E-state index contributed by atoms with van der Waals surface area (Å²) >= 11 is 0. The van der Waals surface area contributed by atoms with E-state index in [4.69, 9.17) is 15.3 Å². The fourth-order valence-electron chi connectivity index (χ4n) is 2.18. The van der Waals surface area contributed by atoms with Gasteiger partial charge in [-0.2, -0.15) is 0 Å². The molecule has 1 aliphatic rings. The Labute approximate surface area is 125 Å². The molecule has 0 aliphatic carbocycles. The maximum atomic E-state index is 12.0. The van der Waals surface area contributed by atoms with Crippen molar-refractivity contribution >= 4 is 5.91 Å². The molecule has 1 aromatic rings. The van der Waals surface area contributed by atoms with E-state index in [1.165, 1.54) is 0 Å². The number of hydrogen-bond donors (Lipinski definition) is 2. The summed E-state index contributed by atoms with van der Waals surface area (Å²) in [6.07, 6.45) is 5.03. The lowest BCUT2D eigenvalue weighted by molar-refractivity contribution is -0.186. The van der Waals surface area contributed by atoms with E-state index in [9.17, 15) is 4.79 Å².